The molecule has 0 atom stereocenters. The number of para-hydroxylation sites is 1. The molecule has 1 aliphatic rings. The number of rotatable bonds is 4. The Hall–Kier alpha value is -6.38. The molecule has 8 aromatic carbocycles. The van der Waals surface area contributed by atoms with E-state index < -0.39 is 0 Å². The van der Waals surface area contributed by atoms with Crippen molar-refractivity contribution in [3.05, 3.63) is 181 Å². The molecular weight excluding hydrogens is 595 g/mol. The highest BCUT2D eigenvalue weighted by Crippen LogP contribution is 2.45. The van der Waals surface area contributed by atoms with Crippen LogP contribution in [0.4, 0.5) is 0 Å². The molecule has 0 amide bonds. The van der Waals surface area contributed by atoms with Gasteiger partial charge in [0.15, 0.2) is 0 Å². The minimum absolute atomic E-state index is 0.715. The van der Waals surface area contributed by atoms with Crippen LogP contribution in [0.15, 0.2) is 174 Å². The second-order valence-electron chi connectivity index (χ2n) is 12.8. The Bertz CT molecular complexity index is 2760. The second-order valence-corrected chi connectivity index (χ2v) is 12.8. The number of furan rings is 1. The normalized spacial score (nSPS) is 13.2. The molecule has 230 valence electrons. The van der Waals surface area contributed by atoms with Gasteiger partial charge in [0.2, 0.25) is 0 Å². The topological polar surface area (TPSA) is 25.2 Å². The number of nitrogens with one attached hydrogen (secondary N) is 1. The SMILES string of the molecule is C1=C(c2c3ccccc3c(-c3ccccc3-c3ccccc3)c3ccccc23)CNC(c2cc3oc4ccccc4c3c3ccccc23)=C1. The smallest absolute Gasteiger partial charge is 0.136 e. The Balaban J connectivity index is 1.17. The molecule has 0 unspecified atom stereocenters. The van der Waals surface area contributed by atoms with Gasteiger partial charge in [0.1, 0.15) is 11.2 Å². The van der Waals surface area contributed by atoms with E-state index >= 15 is 0 Å². The van der Waals surface area contributed by atoms with E-state index in [1.165, 1.54) is 71.1 Å². The van der Waals surface area contributed by atoms with E-state index in [2.05, 4.69) is 169 Å². The lowest BCUT2D eigenvalue weighted by molar-refractivity contribution is 0.669. The molecule has 9 aromatic rings. The summed E-state index contributed by atoms with van der Waals surface area (Å²) in [5.74, 6) is 0. The monoisotopic (exact) mass is 625 g/mol. The van der Waals surface area contributed by atoms with Crippen LogP contribution in [-0.4, -0.2) is 6.54 Å². The summed E-state index contributed by atoms with van der Waals surface area (Å²) in [4.78, 5) is 0. The molecule has 49 heavy (non-hydrogen) atoms. The molecule has 0 fully saturated rings. The van der Waals surface area contributed by atoms with Crippen molar-refractivity contribution < 1.29 is 4.42 Å². The number of benzene rings is 8. The molecule has 0 aliphatic carbocycles. The average Bonchev–Trinajstić information content (AvgIpc) is 3.56. The molecule has 2 nitrogen and oxygen atoms in total. The van der Waals surface area contributed by atoms with Crippen molar-refractivity contribution in [2.24, 2.45) is 0 Å². The number of hydrogen-bond donors (Lipinski definition) is 1. The van der Waals surface area contributed by atoms with Gasteiger partial charge in [-0.2, -0.15) is 0 Å². The maximum absolute atomic E-state index is 6.39. The molecule has 0 saturated carbocycles. The van der Waals surface area contributed by atoms with Crippen LogP contribution in [0.5, 0.6) is 0 Å². The Morgan fingerprint density at radius 2 is 0.959 bits per heavy atom. The third kappa shape index (κ3) is 4.35. The van der Waals surface area contributed by atoms with Crippen molar-refractivity contribution in [2.45, 2.75) is 0 Å². The molecule has 2 heteroatoms. The molecule has 0 bridgehead atoms. The highest BCUT2D eigenvalue weighted by atomic mass is 16.3. The maximum Gasteiger partial charge on any atom is 0.136 e. The van der Waals surface area contributed by atoms with E-state index in [0.717, 1.165) is 27.8 Å². The predicted octanol–water partition coefficient (Wildman–Crippen LogP) is 12.4. The summed E-state index contributed by atoms with van der Waals surface area (Å²) in [6.45, 7) is 0.715. The van der Waals surface area contributed by atoms with Crippen LogP contribution in [0.25, 0.3) is 87.8 Å². The summed E-state index contributed by atoms with van der Waals surface area (Å²) < 4.78 is 6.39. The standard InChI is InChI=1S/C47H31NO/c1-2-14-30(15-3-1)32-16-4-6-18-34(32)46-38-22-10-8-20-36(38)45(37-21-9-11-23-39(37)46)31-26-27-42(48-29-31)41-28-44-47(35-19-7-5-17-33(35)41)40-24-12-13-25-43(40)49-44/h1-28,48H,29H2. The first-order chi connectivity index (χ1) is 24.3. The Kier molecular flexibility index (Phi) is 6.28. The zero-order chi connectivity index (χ0) is 32.3. The maximum atomic E-state index is 6.39. The van der Waals surface area contributed by atoms with E-state index in [1.54, 1.807) is 0 Å². The molecular formula is C47H31NO. The van der Waals surface area contributed by atoms with Crippen molar-refractivity contribution in [1.29, 1.82) is 0 Å². The molecule has 10 rings (SSSR count). The first kappa shape index (κ1) is 27.7. The van der Waals surface area contributed by atoms with Crippen molar-refractivity contribution in [2.75, 3.05) is 6.54 Å². The molecule has 0 radical (unpaired) electrons. The van der Waals surface area contributed by atoms with E-state index in [9.17, 15) is 0 Å². The molecule has 1 N–H and O–H groups in total. The van der Waals surface area contributed by atoms with Crippen LogP contribution < -0.4 is 5.32 Å². The average molecular weight is 626 g/mol. The lowest BCUT2D eigenvalue weighted by atomic mass is 9.83. The quantitative estimate of drug-likeness (QED) is 0.197. The second kappa shape index (κ2) is 11.1. The van der Waals surface area contributed by atoms with Gasteiger partial charge in [-0.1, -0.05) is 152 Å². The highest BCUT2D eigenvalue weighted by molar-refractivity contribution is 6.22. The Morgan fingerprint density at radius 3 is 1.63 bits per heavy atom. The van der Waals surface area contributed by atoms with Gasteiger partial charge in [0.05, 0.1) is 0 Å². The minimum atomic E-state index is 0.715. The third-order valence-corrected chi connectivity index (χ3v) is 10.1. The van der Waals surface area contributed by atoms with Crippen LogP contribution in [0.2, 0.25) is 0 Å². The van der Waals surface area contributed by atoms with Crippen molar-refractivity contribution >= 4 is 65.5 Å². The fourth-order valence-electron chi connectivity index (χ4n) is 8.00. The summed E-state index contributed by atoms with van der Waals surface area (Å²) in [6.07, 6.45) is 4.56. The van der Waals surface area contributed by atoms with E-state index in [0.29, 0.717) is 6.54 Å². The molecule has 0 saturated heterocycles. The zero-order valence-corrected chi connectivity index (χ0v) is 26.8. The lowest BCUT2D eigenvalue weighted by Gasteiger charge is -2.23. The van der Waals surface area contributed by atoms with Gasteiger partial charge in [-0.15, -0.1) is 0 Å². The van der Waals surface area contributed by atoms with Gasteiger partial charge >= 0.3 is 0 Å². The number of allylic oxidation sites excluding steroid dienone is 2. The minimum Gasteiger partial charge on any atom is -0.456 e. The first-order valence-electron chi connectivity index (χ1n) is 16.9. The van der Waals surface area contributed by atoms with Crippen LogP contribution >= 0.6 is 0 Å². The van der Waals surface area contributed by atoms with Gasteiger partial charge in [0, 0.05) is 28.6 Å². The van der Waals surface area contributed by atoms with Gasteiger partial charge in [-0.25, -0.2) is 0 Å². The summed E-state index contributed by atoms with van der Waals surface area (Å²) in [5, 5.41) is 13.6. The number of hydrogen-bond acceptors (Lipinski definition) is 2. The Morgan fingerprint density at radius 1 is 0.408 bits per heavy atom. The van der Waals surface area contributed by atoms with Crippen LogP contribution in [0, 0.1) is 0 Å². The fourth-order valence-corrected chi connectivity index (χ4v) is 8.00. The summed E-state index contributed by atoms with van der Waals surface area (Å²) in [5.41, 5.74) is 11.6. The molecule has 0 spiro atoms. The summed E-state index contributed by atoms with van der Waals surface area (Å²) in [6, 6.07) is 56.6. The van der Waals surface area contributed by atoms with E-state index in [1.807, 2.05) is 6.07 Å². The molecule has 1 aromatic heterocycles. The number of dihydropyridines is 1. The van der Waals surface area contributed by atoms with Crippen molar-refractivity contribution in [1.82, 2.24) is 5.32 Å². The zero-order valence-electron chi connectivity index (χ0n) is 26.8. The van der Waals surface area contributed by atoms with E-state index in [-0.39, 0.29) is 0 Å². The van der Waals surface area contributed by atoms with Crippen LogP contribution in [0.3, 0.4) is 0 Å². The van der Waals surface area contributed by atoms with Crippen molar-refractivity contribution in [3.63, 3.8) is 0 Å². The summed E-state index contributed by atoms with van der Waals surface area (Å²) in [7, 11) is 0. The van der Waals surface area contributed by atoms with Crippen molar-refractivity contribution in [3.8, 4) is 22.3 Å². The predicted molar refractivity (Wildman–Crippen MR) is 208 cm³/mol. The van der Waals surface area contributed by atoms with Crippen LogP contribution in [0.1, 0.15) is 11.1 Å². The first-order valence-corrected chi connectivity index (χ1v) is 16.9. The lowest BCUT2D eigenvalue weighted by Crippen LogP contribution is -2.18. The molecule has 2 heterocycles. The summed E-state index contributed by atoms with van der Waals surface area (Å²) >= 11 is 0. The van der Waals surface area contributed by atoms with Gasteiger partial charge in [0.25, 0.3) is 0 Å². The largest absolute Gasteiger partial charge is 0.456 e. The number of fused-ring (bicyclic) bond motifs is 7. The van der Waals surface area contributed by atoms with Crippen LogP contribution in [-0.2, 0) is 0 Å². The molecule has 1 aliphatic heterocycles. The fraction of sp³-hybridized carbons (Fsp3) is 0.0213. The Labute approximate surface area is 284 Å². The highest BCUT2D eigenvalue weighted by Gasteiger charge is 2.22. The van der Waals surface area contributed by atoms with Gasteiger partial charge in [-0.3, -0.25) is 0 Å². The van der Waals surface area contributed by atoms with Gasteiger partial charge < -0.3 is 9.73 Å². The van der Waals surface area contributed by atoms with Gasteiger partial charge in [-0.05, 0) is 83.9 Å². The third-order valence-electron chi connectivity index (χ3n) is 10.1. The van der Waals surface area contributed by atoms with E-state index in [4.69, 9.17) is 4.42 Å².